The summed E-state index contributed by atoms with van der Waals surface area (Å²) in [6.45, 7) is 4.13. The minimum atomic E-state index is 0.884. The number of ether oxygens (including phenoxy) is 1. The van der Waals surface area contributed by atoms with Gasteiger partial charge in [0.15, 0.2) is 5.96 Å². The number of nitrogens with zero attached hydrogens (tertiary/aromatic N) is 2. The second-order valence-electron chi connectivity index (χ2n) is 4.85. The lowest BCUT2D eigenvalue weighted by Crippen LogP contribution is -2.40. The lowest BCUT2D eigenvalue weighted by atomic mass is 10.1. The quantitative estimate of drug-likeness (QED) is 0.615. The van der Waals surface area contributed by atoms with Crippen LogP contribution in [0.3, 0.4) is 0 Å². The number of hydrogen-bond acceptors (Lipinski definition) is 2. The standard InChI is InChI=1S/C16H27N3O/c1-5-6-13-19(3)16(17-2)18-12-11-14-7-9-15(20-4)10-8-14/h7-10H,5-6,11-13H2,1-4H3,(H,17,18). The van der Waals surface area contributed by atoms with E-state index in [4.69, 9.17) is 4.74 Å². The first kappa shape index (κ1) is 16.3. The fourth-order valence-electron chi connectivity index (χ4n) is 2.00. The topological polar surface area (TPSA) is 36.9 Å². The Morgan fingerprint density at radius 2 is 2.00 bits per heavy atom. The molecule has 0 fully saturated rings. The van der Waals surface area contributed by atoms with Crippen LogP contribution < -0.4 is 10.1 Å². The molecule has 0 bridgehead atoms. The fourth-order valence-corrected chi connectivity index (χ4v) is 2.00. The first-order valence-electron chi connectivity index (χ1n) is 7.26. The molecule has 0 spiro atoms. The molecule has 0 amide bonds. The van der Waals surface area contributed by atoms with Gasteiger partial charge in [-0.05, 0) is 30.5 Å². The number of unbranched alkanes of at least 4 members (excludes halogenated alkanes) is 1. The van der Waals surface area contributed by atoms with Crippen molar-refractivity contribution in [2.45, 2.75) is 26.2 Å². The van der Waals surface area contributed by atoms with E-state index in [9.17, 15) is 0 Å². The molecule has 1 aromatic rings. The van der Waals surface area contributed by atoms with Crippen molar-refractivity contribution in [2.75, 3.05) is 34.3 Å². The maximum absolute atomic E-state index is 5.16. The molecule has 0 saturated heterocycles. The first-order valence-corrected chi connectivity index (χ1v) is 7.26. The van der Waals surface area contributed by atoms with E-state index in [2.05, 4.69) is 41.3 Å². The van der Waals surface area contributed by atoms with Crippen LogP contribution in [0, 0.1) is 0 Å². The van der Waals surface area contributed by atoms with E-state index in [0.717, 1.165) is 31.2 Å². The average molecular weight is 277 g/mol. The van der Waals surface area contributed by atoms with Gasteiger partial charge in [0, 0.05) is 27.2 Å². The largest absolute Gasteiger partial charge is 0.497 e. The Balaban J connectivity index is 2.37. The molecule has 0 unspecified atom stereocenters. The summed E-state index contributed by atoms with van der Waals surface area (Å²) in [5, 5.41) is 3.40. The number of nitrogens with one attached hydrogen (secondary N) is 1. The highest BCUT2D eigenvalue weighted by atomic mass is 16.5. The summed E-state index contributed by atoms with van der Waals surface area (Å²) < 4.78 is 5.16. The first-order chi connectivity index (χ1) is 9.71. The molecular formula is C16H27N3O. The summed E-state index contributed by atoms with van der Waals surface area (Å²) in [5.41, 5.74) is 1.30. The third-order valence-electron chi connectivity index (χ3n) is 3.28. The van der Waals surface area contributed by atoms with E-state index < -0.39 is 0 Å². The number of aliphatic imine (C=N–C) groups is 1. The predicted molar refractivity (Wildman–Crippen MR) is 85.6 cm³/mol. The molecule has 1 rings (SSSR count). The zero-order valence-corrected chi connectivity index (χ0v) is 13.1. The van der Waals surface area contributed by atoms with Crippen LogP contribution in [0.25, 0.3) is 0 Å². The van der Waals surface area contributed by atoms with E-state index >= 15 is 0 Å². The van der Waals surface area contributed by atoms with Crippen LogP contribution in [0.5, 0.6) is 5.75 Å². The van der Waals surface area contributed by atoms with Crippen LogP contribution in [0.15, 0.2) is 29.3 Å². The Kier molecular flexibility index (Phi) is 7.55. The molecule has 0 aliphatic carbocycles. The van der Waals surface area contributed by atoms with Crippen LogP contribution >= 0.6 is 0 Å². The van der Waals surface area contributed by atoms with Crippen LogP contribution in [-0.2, 0) is 6.42 Å². The lowest BCUT2D eigenvalue weighted by molar-refractivity contribution is 0.414. The summed E-state index contributed by atoms with van der Waals surface area (Å²) in [6, 6.07) is 8.20. The lowest BCUT2D eigenvalue weighted by Gasteiger charge is -2.21. The van der Waals surface area contributed by atoms with E-state index in [0.29, 0.717) is 0 Å². The van der Waals surface area contributed by atoms with Crippen molar-refractivity contribution in [2.24, 2.45) is 4.99 Å². The van der Waals surface area contributed by atoms with E-state index in [1.807, 2.05) is 19.2 Å². The molecule has 4 nitrogen and oxygen atoms in total. The summed E-state index contributed by atoms with van der Waals surface area (Å²) in [4.78, 5) is 6.49. The minimum Gasteiger partial charge on any atom is -0.497 e. The van der Waals surface area contributed by atoms with E-state index in [1.165, 1.54) is 18.4 Å². The van der Waals surface area contributed by atoms with Gasteiger partial charge in [-0.3, -0.25) is 4.99 Å². The maximum atomic E-state index is 5.16. The molecule has 0 aliphatic rings. The Morgan fingerprint density at radius 3 is 2.55 bits per heavy atom. The van der Waals surface area contributed by atoms with Crippen LogP contribution in [0.4, 0.5) is 0 Å². The van der Waals surface area contributed by atoms with Crippen molar-refractivity contribution in [1.82, 2.24) is 10.2 Å². The molecule has 0 radical (unpaired) electrons. The SMILES string of the molecule is CCCCN(C)C(=NC)NCCc1ccc(OC)cc1. The second kappa shape index (κ2) is 9.23. The fraction of sp³-hybridized carbons (Fsp3) is 0.562. The Morgan fingerprint density at radius 1 is 1.30 bits per heavy atom. The zero-order chi connectivity index (χ0) is 14.8. The third kappa shape index (κ3) is 5.51. The predicted octanol–water partition coefficient (Wildman–Crippen LogP) is 2.55. The normalized spacial score (nSPS) is 11.3. The molecule has 0 heterocycles. The Hall–Kier alpha value is -1.71. The van der Waals surface area contributed by atoms with Gasteiger partial charge in [0.05, 0.1) is 7.11 Å². The average Bonchev–Trinajstić information content (AvgIpc) is 2.49. The second-order valence-corrected chi connectivity index (χ2v) is 4.85. The highest BCUT2D eigenvalue weighted by molar-refractivity contribution is 5.79. The molecule has 1 N–H and O–H groups in total. The summed E-state index contributed by atoms with van der Waals surface area (Å²) in [6.07, 6.45) is 3.37. The molecular weight excluding hydrogens is 250 g/mol. The molecule has 0 aliphatic heterocycles. The van der Waals surface area contributed by atoms with Gasteiger partial charge in [-0.15, -0.1) is 0 Å². The molecule has 0 atom stereocenters. The molecule has 4 heteroatoms. The van der Waals surface area contributed by atoms with Crippen molar-refractivity contribution >= 4 is 5.96 Å². The zero-order valence-electron chi connectivity index (χ0n) is 13.1. The highest BCUT2D eigenvalue weighted by Crippen LogP contribution is 2.11. The summed E-state index contributed by atoms with van der Waals surface area (Å²) >= 11 is 0. The Bertz CT molecular complexity index is 401. The minimum absolute atomic E-state index is 0.884. The molecule has 112 valence electrons. The highest BCUT2D eigenvalue weighted by Gasteiger charge is 2.04. The van der Waals surface area contributed by atoms with Gasteiger partial charge in [-0.2, -0.15) is 0 Å². The smallest absolute Gasteiger partial charge is 0.193 e. The van der Waals surface area contributed by atoms with Crippen molar-refractivity contribution < 1.29 is 4.74 Å². The van der Waals surface area contributed by atoms with Crippen molar-refractivity contribution in [3.05, 3.63) is 29.8 Å². The van der Waals surface area contributed by atoms with E-state index in [1.54, 1.807) is 7.11 Å². The maximum Gasteiger partial charge on any atom is 0.193 e. The molecule has 20 heavy (non-hydrogen) atoms. The number of hydrogen-bond donors (Lipinski definition) is 1. The van der Waals surface area contributed by atoms with Gasteiger partial charge in [0.2, 0.25) is 0 Å². The van der Waals surface area contributed by atoms with Crippen LogP contribution in [-0.4, -0.2) is 45.2 Å². The van der Waals surface area contributed by atoms with E-state index in [-0.39, 0.29) is 0 Å². The van der Waals surface area contributed by atoms with Crippen molar-refractivity contribution in [1.29, 1.82) is 0 Å². The Labute approximate surface area is 122 Å². The van der Waals surface area contributed by atoms with Crippen LogP contribution in [0.1, 0.15) is 25.3 Å². The third-order valence-corrected chi connectivity index (χ3v) is 3.28. The van der Waals surface area contributed by atoms with Gasteiger partial charge in [0.1, 0.15) is 5.75 Å². The monoisotopic (exact) mass is 277 g/mol. The number of guanidine groups is 1. The van der Waals surface area contributed by atoms with Crippen molar-refractivity contribution in [3.8, 4) is 5.75 Å². The summed E-state index contributed by atoms with van der Waals surface area (Å²) in [7, 11) is 5.60. The van der Waals surface area contributed by atoms with Gasteiger partial charge in [-0.25, -0.2) is 0 Å². The number of rotatable bonds is 7. The summed E-state index contributed by atoms with van der Waals surface area (Å²) in [5.74, 6) is 1.86. The van der Waals surface area contributed by atoms with Crippen LogP contribution in [0.2, 0.25) is 0 Å². The number of methoxy groups -OCH3 is 1. The van der Waals surface area contributed by atoms with Gasteiger partial charge >= 0.3 is 0 Å². The molecule has 0 aromatic heterocycles. The molecule has 1 aromatic carbocycles. The van der Waals surface area contributed by atoms with Crippen molar-refractivity contribution in [3.63, 3.8) is 0 Å². The number of benzene rings is 1. The molecule has 0 saturated carbocycles. The van der Waals surface area contributed by atoms with Gasteiger partial charge in [-0.1, -0.05) is 25.5 Å². The van der Waals surface area contributed by atoms with Gasteiger partial charge in [0.25, 0.3) is 0 Å². The van der Waals surface area contributed by atoms with Gasteiger partial charge < -0.3 is 15.0 Å².